The summed E-state index contributed by atoms with van der Waals surface area (Å²) in [4.78, 5) is 5.20. The first kappa shape index (κ1) is 13.5. The molecule has 0 amide bonds. The first-order valence-corrected chi connectivity index (χ1v) is 5.50. The van der Waals surface area contributed by atoms with Gasteiger partial charge < -0.3 is 21.5 Å². The monoisotopic (exact) mass is 274 g/mol. The number of aliphatic hydroxyl groups is 1. The minimum absolute atomic E-state index is 0.0730. The van der Waals surface area contributed by atoms with E-state index in [1.165, 1.54) is 17.3 Å². The second-order valence-electron chi connectivity index (χ2n) is 4.25. The van der Waals surface area contributed by atoms with E-state index in [4.69, 9.17) is 16.6 Å². The van der Waals surface area contributed by atoms with E-state index in [2.05, 4.69) is 4.99 Å². The van der Waals surface area contributed by atoms with Crippen molar-refractivity contribution in [1.29, 1.82) is 0 Å². The third kappa shape index (κ3) is 2.58. The van der Waals surface area contributed by atoms with Crippen molar-refractivity contribution in [2.75, 3.05) is 29.5 Å². The molecule has 0 saturated heterocycles. The lowest BCUT2D eigenvalue weighted by molar-refractivity contribution is -0.137. The van der Waals surface area contributed by atoms with Crippen LogP contribution in [-0.4, -0.2) is 30.6 Å². The van der Waals surface area contributed by atoms with Crippen LogP contribution in [0.5, 0.6) is 0 Å². The standard InChI is InChI=1S/C11H13F3N4O/c12-11(13,14)7-1-8(15)9(16)2-10(7)18-3-6(4-19)17-5-18/h1-2,5-6,19H,3-4,15-16H2. The zero-order valence-electron chi connectivity index (χ0n) is 9.85. The third-order valence-corrected chi connectivity index (χ3v) is 2.85. The van der Waals surface area contributed by atoms with E-state index in [1.807, 2.05) is 0 Å². The molecule has 0 radical (unpaired) electrons. The minimum atomic E-state index is -4.54. The zero-order chi connectivity index (χ0) is 14.2. The molecule has 1 atom stereocenters. The quantitative estimate of drug-likeness (QED) is 0.704. The molecule has 1 heterocycles. The number of aliphatic hydroxyl groups excluding tert-OH is 1. The Morgan fingerprint density at radius 3 is 2.47 bits per heavy atom. The Bertz CT molecular complexity index is 515. The molecule has 1 unspecified atom stereocenters. The number of benzene rings is 1. The normalized spacial score (nSPS) is 19.2. The number of hydrogen-bond donors (Lipinski definition) is 3. The minimum Gasteiger partial charge on any atom is -0.397 e. The van der Waals surface area contributed by atoms with Gasteiger partial charge in [0.1, 0.15) is 0 Å². The van der Waals surface area contributed by atoms with Crippen molar-refractivity contribution in [2.24, 2.45) is 4.99 Å². The van der Waals surface area contributed by atoms with Crippen molar-refractivity contribution in [3.8, 4) is 0 Å². The van der Waals surface area contributed by atoms with Gasteiger partial charge in [0.05, 0.1) is 41.6 Å². The number of alkyl halides is 3. The Hall–Kier alpha value is -1.96. The molecule has 5 N–H and O–H groups in total. The summed E-state index contributed by atoms with van der Waals surface area (Å²) in [6.45, 7) is -0.0538. The van der Waals surface area contributed by atoms with Crippen LogP contribution < -0.4 is 16.4 Å². The van der Waals surface area contributed by atoms with Crippen LogP contribution in [0.15, 0.2) is 17.1 Å². The molecular weight excluding hydrogens is 261 g/mol. The van der Waals surface area contributed by atoms with Crippen molar-refractivity contribution in [3.05, 3.63) is 17.7 Å². The number of halogens is 3. The molecule has 1 aliphatic rings. The fourth-order valence-corrected chi connectivity index (χ4v) is 1.85. The van der Waals surface area contributed by atoms with Crippen LogP contribution in [0, 0.1) is 0 Å². The Kier molecular flexibility index (Phi) is 3.27. The SMILES string of the molecule is Nc1cc(N2C=NC(CO)C2)c(C(F)(F)F)cc1N. The molecule has 19 heavy (non-hydrogen) atoms. The van der Waals surface area contributed by atoms with Crippen molar-refractivity contribution in [3.63, 3.8) is 0 Å². The fourth-order valence-electron chi connectivity index (χ4n) is 1.85. The summed E-state index contributed by atoms with van der Waals surface area (Å²) in [6.07, 6.45) is -3.27. The van der Waals surface area contributed by atoms with Crippen molar-refractivity contribution in [1.82, 2.24) is 0 Å². The number of hydrogen-bond acceptors (Lipinski definition) is 5. The van der Waals surface area contributed by atoms with E-state index in [9.17, 15) is 13.2 Å². The highest BCUT2D eigenvalue weighted by atomic mass is 19.4. The first-order valence-electron chi connectivity index (χ1n) is 5.50. The molecule has 0 aromatic heterocycles. The molecular formula is C11H13F3N4O. The van der Waals surface area contributed by atoms with Crippen molar-refractivity contribution >= 4 is 23.4 Å². The summed E-state index contributed by atoms with van der Waals surface area (Å²) in [5, 5.41) is 8.95. The summed E-state index contributed by atoms with van der Waals surface area (Å²) in [5.74, 6) is 0. The Morgan fingerprint density at radius 2 is 1.95 bits per heavy atom. The first-order chi connectivity index (χ1) is 8.82. The molecule has 0 aliphatic carbocycles. The van der Waals surface area contributed by atoms with Crippen LogP contribution in [0.1, 0.15) is 5.56 Å². The van der Waals surface area contributed by atoms with Crippen LogP contribution in [0.25, 0.3) is 0 Å². The molecule has 1 aromatic rings. The van der Waals surface area contributed by atoms with Gasteiger partial charge in [0.15, 0.2) is 0 Å². The van der Waals surface area contributed by atoms with Crippen LogP contribution in [-0.2, 0) is 6.18 Å². The number of nitrogens with zero attached hydrogens (tertiary/aromatic N) is 2. The summed E-state index contributed by atoms with van der Waals surface area (Å²) in [6, 6.07) is 1.55. The van der Waals surface area contributed by atoms with Crippen LogP contribution in [0.4, 0.5) is 30.2 Å². The van der Waals surface area contributed by atoms with Gasteiger partial charge in [0, 0.05) is 6.54 Å². The third-order valence-electron chi connectivity index (χ3n) is 2.85. The van der Waals surface area contributed by atoms with Gasteiger partial charge in [-0.05, 0) is 12.1 Å². The molecule has 8 heteroatoms. The van der Waals surface area contributed by atoms with E-state index >= 15 is 0 Å². The van der Waals surface area contributed by atoms with Gasteiger partial charge in [0.25, 0.3) is 0 Å². The molecule has 2 rings (SSSR count). The zero-order valence-corrected chi connectivity index (χ0v) is 9.85. The Labute approximate surface area is 107 Å². The number of rotatable bonds is 2. The summed E-state index contributed by atoms with van der Waals surface area (Å²) in [5.41, 5.74) is 9.95. The number of nitrogen functional groups attached to an aromatic ring is 2. The number of aliphatic imine (C=N–C) groups is 1. The second-order valence-corrected chi connectivity index (χ2v) is 4.25. The Morgan fingerprint density at radius 1 is 1.32 bits per heavy atom. The van der Waals surface area contributed by atoms with Crippen molar-refractivity contribution < 1.29 is 18.3 Å². The lowest BCUT2D eigenvalue weighted by atomic mass is 10.1. The highest BCUT2D eigenvalue weighted by Gasteiger charge is 2.36. The summed E-state index contributed by atoms with van der Waals surface area (Å²) < 4.78 is 38.9. The molecule has 1 aliphatic heterocycles. The van der Waals surface area contributed by atoms with Gasteiger partial charge in [-0.2, -0.15) is 13.2 Å². The molecule has 0 fully saturated rings. The number of anilines is 3. The van der Waals surface area contributed by atoms with E-state index in [0.717, 1.165) is 6.07 Å². The van der Waals surface area contributed by atoms with E-state index in [0.29, 0.717) is 0 Å². The summed E-state index contributed by atoms with van der Waals surface area (Å²) >= 11 is 0. The average Bonchev–Trinajstić information content (AvgIpc) is 2.79. The number of nitrogens with two attached hydrogens (primary N) is 2. The van der Waals surface area contributed by atoms with Gasteiger partial charge in [-0.15, -0.1) is 0 Å². The lowest BCUT2D eigenvalue weighted by Gasteiger charge is -2.22. The van der Waals surface area contributed by atoms with E-state index < -0.39 is 17.8 Å². The maximum absolute atomic E-state index is 13.0. The molecule has 0 bridgehead atoms. The maximum Gasteiger partial charge on any atom is 0.418 e. The van der Waals surface area contributed by atoms with Crippen LogP contribution >= 0.6 is 0 Å². The smallest absolute Gasteiger partial charge is 0.397 e. The van der Waals surface area contributed by atoms with Gasteiger partial charge in [0.2, 0.25) is 0 Å². The van der Waals surface area contributed by atoms with Gasteiger partial charge in [-0.3, -0.25) is 4.99 Å². The highest BCUT2D eigenvalue weighted by Crippen LogP contribution is 2.40. The predicted octanol–water partition coefficient (Wildman–Crippen LogP) is 1.08. The van der Waals surface area contributed by atoms with E-state index in [1.54, 1.807) is 0 Å². The predicted molar refractivity (Wildman–Crippen MR) is 67.0 cm³/mol. The molecule has 0 saturated carbocycles. The van der Waals surface area contributed by atoms with Crippen molar-refractivity contribution in [2.45, 2.75) is 12.2 Å². The maximum atomic E-state index is 13.0. The largest absolute Gasteiger partial charge is 0.418 e. The lowest BCUT2D eigenvalue weighted by Crippen LogP contribution is -2.27. The molecule has 1 aromatic carbocycles. The van der Waals surface area contributed by atoms with Gasteiger partial charge in [-0.1, -0.05) is 0 Å². The summed E-state index contributed by atoms with van der Waals surface area (Å²) in [7, 11) is 0. The van der Waals surface area contributed by atoms with Crippen LogP contribution in [0.3, 0.4) is 0 Å². The van der Waals surface area contributed by atoms with Gasteiger partial charge in [-0.25, -0.2) is 0 Å². The fraction of sp³-hybridized carbons (Fsp3) is 0.364. The average molecular weight is 274 g/mol. The Balaban J connectivity index is 2.45. The second kappa shape index (κ2) is 4.61. The molecule has 5 nitrogen and oxygen atoms in total. The van der Waals surface area contributed by atoms with E-state index in [-0.39, 0.29) is 30.2 Å². The molecule has 104 valence electrons. The van der Waals surface area contributed by atoms with Gasteiger partial charge >= 0.3 is 6.18 Å². The molecule has 0 spiro atoms. The van der Waals surface area contributed by atoms with Crippen LogP contribution in [0.2, 0.25) is 0 Å². The topological polar surface area (TPSA) is 87.9 Å². The highest BCUT2D eigenvalue weighted by molar-refractivity contribution is 5.86.